The fourth-order valence-electron chi connectivity index (χ4n) is 2.47. The molecule has 22 heavy (non-hydrogen) atoms. The second kappa shape index (κ2) is 8.45. The fourth-order valence-corrected chi connectivity index (χ4v) is 2.47. The van der Waals surface area contributed by atoms with Crippen molar-refractivity contribution in [3.05, 3.63) is 36.9 Å². The topological polar surface area (TPSA) is 21.3 Å². The summed E-state index contributed by atoms with van der Waals surface area (Å²) in [6.07, 6.45) is 2.91. The van der Waals surface area contributed by atoms with E-state index in [1.807, 2.05) is 6.92 Å². The molecule has 1 unspecified atom stereocenters. The molecule has 0 bridgehead atoms. The Hall–Kier alpha value is -1.18. The summed E-state index contributed by atoms with van der Waals surface area (Å²) in [4.78, 5) is 0. The molecule has 2 heteroatoms. The Labute approximate surface area is 138 Å². The molecule has 0 saturated carbocycles. The van der Waals surface area contributed by atoms with Gasteiger partial charge in [0.25, 0.3) is 0 Å². The molecule has 0 aromatic heterocycles. The Morgan fingerprint density at radius 2 is 1.59 bits per heavy atom. The van der Waals surface area contributed by atoms with Gasteiger partial charge in [-0.1, -0.05) is 61.3 Å². The summed E-state index contributed by atoms with van der Waals surface area (Å²) >= 11 is 0. The Bertz CT molecular complexity index is 393. The highest BCUT2D eigenvalue weighted by Gasteiger charge is 2.32. The van der Waals surface area contributed by atoms with E-state index in [1.165, 1.54) is 0 Å². The Morgan fingerprint density at radius 3 is 2.00 bits per heavy atom. The highest BCUT2D eigenvalue weighted by atomic mass is 16.5. The SMILES string of the molecule is C=C(C)NC(=C)CCCOC(=C)C(CC(C)(C)C)C(C)(C)C. The van der Waals surface area contributed by atoms with Gasteiger partial charge in [0.15, 0.2) is 0 Å². The van der Waals surface area contributed by atoms with E-state index in [-0.39, 0.29) is 10.8 Å². The van der Waals surface area contributed by atoms with Crippen LogP contribution in [0.4, 0.5) is 0 Å². The lowest BCUT2D eigenvalue weighted by Gasteiger charge is -2.36. The van der Waals surface area contributed by atoms with Gasteiger partial charge >= 0.3 is 0 Å². The summed E-state index contributed by atoms with van der Waals surface area (Å²) in [7, 11) is 0. The summed E-state index contributed by atoms with van der Waals surface area (Å²) in [5.41, 5.74) is 2.34. The van der Waals surface area contributed by atoms with Crippen molar-refractivity contribution >= 4 is 0 Å². The van der Waals surface area contributed by atoms with Crippen LogP contribution >= 0.6 is 0 Å². The van der Waals surface area contributed by atoms with Crippen molar-refractivity contribution in [3.63, 3.8) is 0 Å². The first-order valence-corrected chi connectivity index (χ1v) is 8.25. The van der Waals surface area contributed by atoms with E-state index in [0.717, 1.165) is 36.4 Å². The van der Waals surface area contributed by atoms with Gasteiger partial charge in [-0.25, -0.2) is 0 Å². The van der Waals surface area contributed by atoms with Crippen molar-refractivity contribution in [2.24, 2.45) is 16.7 Å². The van der Waals surface area contributed by atoms with Crippen molar-refractivity contribution in [3.8, 4) is 0 Å². The maximum absolute atomic E-state index is 5.95. The lowest BCUT2D eigenvalue weighted by atomic mass is 9.71. The summed E-state index contributed by atoms with van der Waals surface area (Å²) < 4.78 is 5.95. The first kappa shape index (κ1) is 20.8. The molecule has 1 atom stereocenters. The highest BCUT2D eigenvalue weighted by Crippen LogP contribution is 2.40. The maximum atomic E-state index is 5.95. The molecule has 0 aliphatic carbocycles. The zero-order valence-electron chi connectivity index (χ0n) is 15.9. The molecule has 0 amide bonds. The van der Waals surface area contributed by atoms with Gasteiger partial charge in [-0.05, 0) is 37.0 Å². The average molecular weight is 308 g/mol. The first-order valence-electron chi connectivity index (χ1n) is 8.25. The smallest absolute Gasteiger partial charge is 0.0924 e. The van der Waals surface area contributed by atoms with Gasteiger partial charge in [-0.2, -0.15) is 0 Å². The molecule has 0 aromatic rings. The highest BCUT2D eigenvalue weighted by molar-refractivity contribution is 5.02. The van der Waals surface area contributed by atoms with E-state index < -0.39 is 0 Å². The molecule has 2 nitrogen and oxygen atoms in total. The van der Waals surface area contributed by atoms with Gasteiger partial charge in [0.05, 0.1) is 12.4 Å². The molecule has 0 aliphatic heterocycles. The zero-order valence-corrected chi connectivity index (χ0v) is 15.9. The molecular weight excluding hydrogens is 270 g/mol. The third-order valence-electron chi connectivity index (χ3n) is 3.55. The zero-order chi connectivity index (χ0) is 17.6. The van der Waals surface area contributed by atoms with Crippen LogP contribution in [-0.2, 0) is 4.74 Å². The van der Waals surface area contributed by atoms with E-state index in [1.54, 1.807) is 0 Å². The number of hydrogen-bond acceptors (Lipinski definition) is 2. The minimum Gasteiger partial charge on any atom is -0.498 e. The van der Waals surface area contributed by atoms with Crippen LogP contribution in [0.25, 0.3) is 0 Å². The number of allylic oxidation sites excluding steroid dienone is 3. The molecule has 0 fully saturated rings. The standard InChI is InChI=1S/C20H37NO/c1-15(2)21-16(3)12-11-13-22-17(4)18(20(8,9)10)14-19(5,6)7/h18,21H,1,3-4,11-14H2,2,5-10H3. The molecule has 0 radical (unpaired) electrons. The van der Waals surface area contributed by atoms with Crippen molar-refractivity contribution < 1.29 is 4.74 Å². The van der Waals surface area contributed by atoms with Crippen molar-refractivity contribution in [1.82, 2.24) is 5.32 Å². The molecule has 0 aliphatic rings. The molecule has 1 N–H and O–H groups in total. The summed E-state index contributed by atoms with van der Waals surface area (Å²) in [6.45, 7) is 28.2. The fraction of sp³-hybridized carbons (Fsp3) is 0.700. The average Bonchev–Trinajstić information content (AvgIpc) is 2.28. The van der Waals surface area contributed by atoms with E-state index >= 15 is 0 Å². The minimum atomic E-state index is 0.162. The molecule has 0 heterocycles. The largest absolute Gasteiger partial charge is 0.498 e. The van der Waals surface area contributed by atoms with Crippen LogP contribution in [0.15, 0.2) is 36.9 Å². The van der Waals surface area contributed by atoms with Crippen LogP contribution < -0.4 is 5.32 Å². The van der Waals surface area contributed by atoms with Gasteiger partial charge in [0.1, 0.15) is 0 Å². The molecule has 128 valence electrons. The van der Waals surface area contributed by atoms with Gasteiger partial charge in [-0.15, -0.1) is 0 Å². The predicted molar refractivity (Wildman–Crippen MR) is 98.4 cm³/mol. The van der Waals surface area contributed by atoms with Crippen molar-refractivity contribution in [1.29, 1.82) is 0 Å². The number of nitrogens with one attached hydrogen (secondary N) is 1. The molecule has 0 rings (SSSR count). The van der Waals surface area contributed by atoms with Crippen molar-refractivity contribution in [2.75, 3.05) is 6.61 Å². The van der Waals surface area contributed by atoms with Gasteiger partial charge in [0.2, 0.25) is 0 Å². The van der Waals surface area contributed by atoms with Crippen LogP contribution in [0.3, 0.4) is 0 Å². The van der Waals surface area contributed by atoms with Crippen LogP contribution in [0, 0.1) is 16.7 Å². The normalized spacial score (nSPS) is 13.4. The van der Waals surface area contributed by atoms with Crippen LogP contribution in [0.1, 0.15) is 67.7 Å². The van der Waals surface area contributed by atoms with Gasteiger partial charge < -0.3 is 10.1 Å². The van der Waals surface area contributed by atoms with Crippen LogP contribution in [0.5, 0.6) is 0 Å². The van der Waals surface area contributed by atoms with E-state index in [4.69, 9.17) is 4.74 Å². The lowest BCUT2D eigenvalue weighted by Crippen LogP contribution is -2.28. The molecule has 0 spiro atoms. The number of ether oxygens (including phenoxy) is 1. The number of rotatable bonds is 9. The second-order valence-corrected chi connectivity index (χ2v) is 8.61. The predicted octanol–water partition coefficient (Wildman–Crippen LogP) is 6.03. The molecule has 0 saturated heterocycles. The third kappa shape index (κ3) is 9.70. The first-order chi connectivity index (χ1) is 9.83. The summed E-state index contributed by atoms with van der Waals surface area (Å²) in [5.74, 6) is 1.28. The Morgan fingerprint density at radius 1 is 1.05 bits per heavy atom. The summed E-state index contributed by atoms with van der Waals surface area (Å²) in [5, 5.41) is 3.14. The third-order valence-corrected chi connectivity index (χ3v) is 3.55. The molecular formula is C20H37NO. The second-order valence-electron chi connectivity index (χ2n) is 8.61. The maximum Gasteiger partial charge on any atom is 0.0924 e. The Balaban J connectivity index is 4.36. The lowest BCUT2D eigenvalue weighted by molar-refractivity contribution is 0.0984. The van der Waals surface area contributed by atoms with Crippen molar-refractivity contribution in [2.45, 2.75) is 67.7 Å². The minimum absolute atomic E-state index is 0.162. The quantitative estimate of drug-likeness (QED) is 0.414. The van der Waals surface area contributed by atoms with E-state index in [2.05, 4.69) is 66.6 Å². The Kier molecular flexibility index (Phi) is 8.00. The van der Waals surface area contributed by atoms with E-state index in [0.29, 0.717) is 12.5 Å². The number of hydrogen-bond donors (Lipinski definition) is 1. The van der Waals surface area contributed by atoms with Crippen LogP contribution in [-0.4, -0.2) is 6.61 Å². The summed E-state index contributed by atoms with van der Waals surface area (Å²) in [6, 6.07) is 0. The van der Waals surface area contributed by atoms with Crippen LogP contribution in [0.2, 0.25) is 0 Å². The van der Waals surface area contributed by atoms with Gasteiger partial charge in [-0.3, -0.25) is 0 Å². The van der Waals surface area contributed by atoms with Gasteiger partial charge in [0, 0.05) is 17.3 Å². The molecule has 0 aromatic carbocycles. The van der Waals surface area contributed by atoms with E-state index in [9.17, 15) is 0 Å². The monoisotopic (exact) mass is 307 g/mol.